The number of rotatable bonds is 7. The van der Waals surface area contributed by atoms with Crippen LogP contribution in [0.1, 0.15) is 13.0 Å². The Morgan fingerprint density at radius 1 is 1.37 bits per heavy atom. The standard InChI is InChI=1S/C15H19N7O3S2/c1-10(22-14(17)19-20-15(22)26-9-8-16)13(23)18-11-4-6-12(7-5-11)27(24,25)21(2)3/h4-7,10H,9H2,1-3H3,(H2,17,19)(H,18,23). The highest BCUT2D eigenvalue weighted by Crippen LogP contribution is 2.24. The number of sulfonamides is 1. The lowest BCUT2D eigenvalue weighted by Gasteiger charge is -2.16. The van der Waals surface area contributed by atoms with Crippen LogP contribution in [0.25, 0.3) is 0 Å². The van der Waals surface area contributed by atoms with E-state index in [0.717, 1.165) is 16.1 Å². The molecular formula is C15H19N7O3S2. The minimum Gasteiger partial charge on any atom is -0.368 e. The summed E-state index contributed by atoms with van der Waals surface area (Å²) in [6, 6.07) is 7.07. The summed E-state index contributed by atoms with van der Waals surface area (Å²) < 4.78 is 26.7. The molecule has 1 atom stereocenters. The number of hydrogen-bond acceptors (Lipinski definition) is 8. The molecule has 1 aromatic heterocycles. The van der Waals surface area contributed by atoms with Gasteiger partial charge >= 0.3 is 0 Å². The zero-order valence-corrected chi connectivity index (χ0v) is 16.6. The lowest BCUT2D eigenvalue weighted by Crippen LogP contribution is -2.25. The van der Waals surface area contributed by atoms with Crippen molar-refractivity contribution in [3.63, 3.8) is 0 Å². The fourth-order valence-corrected chi connectivity index (χ4v) is 3.72. The van der Waals surface area contributed by atoms with Crippen LogP contribution in [0.15, 0.2) is 34.3 Å². The second-order valence-electron chi connectivity index (χ2n) is 5.63. The van der Waals surface area contributed by atoms with Gasteiger partial charge in [0.05, 0.1) is 16.7 Å². The minimum absolute atomic E-state index is 0.0607. The van der Waals surface area contributed by atoms with Crippen LogP contribution in [0, 0.1) is 11.3 Å². The normalized spacial score (nSPS) is 12.6. The fraction of sp³-hybridized carbons (Fsp3) is 0.333. The van der Waals surface area contributed by atoms with Gasteiger partial charge in [0.15, 0.2) is 5.16 Å². The number of nitrogens with zero attached hydrogens (tertiary/aromatic N) is 5. The molecule has 1 amide bonds. The first-order valence-corrected chi connectivity index (χ1v) is 10.1. The summed E-state index contributed by atoms with van der Waals surface area (Å²) in [7, 11) is -0.654. The summed E-state index contributed by atoms with van der Waals surface area (Å²) in [6.07, 6.45) is 0. The maximum absolute atomic E-state index is 12.5. The zero-order chi connectivity index (χ0) is 20.2. The lowest BCUT2D eigenvalue weighted by atomic mass is 10.2. The third kappa shape index (κ3) is 4.57. The number of hydrogen-bond donors (Lipinski definition) is 2. The Labute approximate surface area is 161 Å². The topological polar surface area (TPSA) is 147 Å². The van der Waals surface area contributed by atoms with Gasteiger partial charge in [-0.25, -0.2) is 12.7 Å². The number of benzene rings is 1. The van der Waals surface area contributed by atoms with E-state index in [1.807, 2.05) is 6.07 Å². The molecule has 0 spiro atoms. The third-order valence-electron chi connectivity index (χ3n) is 3.62. The van der Waals surface area contributed by atoms with Crippen LogP contribution < -0.4 is 11.1 Å². The number of nitrogens with one attached hydrogen (secondary N) is 1. The van der Waals surface area contributed by atoms with Gasteiger partial charge in [0, 0.05) is 19.8 Å². The van der Waals surface area contributed by atoms with Crippen molar-refractivity contribution in [2.75, 3.05) is 30.9 Å². The fourth-order valence-electron chi connectivity index (χ4n) is 2.13. The number of thioether (sulfide) groups is 1. The van der Waals surface area contributed by atoms with Crippen molar-refractivity contribution in [1.82, 2.24) is 19.1 Å². The first kappa shape index (κ1) is 20.7. The molecule has 2 rings (SSSR count). The number of anilines is 2. The van der Waals surface area contributed by atoms with Gasteiger partial charge in [0.1, 0.15) is 6.04 Å². The van der Waals surface area contributed by atoms with Crippen LogP contribution in [-0.4, -0.2) is 53.2 Å². The molecule has 0 fully saturated rings. The van der Waals surface area contributed by atoms with Gasteiger partial charge in [-0.1, -0.05) is 11.8 Å². The molecule has 0 saturated carbocycles. The summed E-state index contributed by atoms with van der Waals surface area (Å²) in [5.41, 5.74) is 6.22. The lowest BCUT2D eigenvalue weighted by molar-refractivity contribution is -0.118. The maximum atomic E-state index is 12.5. The highest BCUT2D eigenvalue weighted by molar-refractivity contribution is 7.99. The predicted octanol–water partition coefficient (Wildman–Crippen LogP) is 0.926. The summed E-state index contributed by atoms with van der Waals surface area (Å²) in [6.45, 7) is 1.62. The second kappa shape index (κ2) is 8.38. The largest absolute Gasteiger partial charge is 0.368 e. The predicted molar refractivity (Wildman–Crippen MR) is 101 cm³/mol. The van der Waals surface area contributed by atoms with Crippen LogP contribution in [-0.2, 0) is 14.8 Å². The molecule has 27 heavy (non-hydrogen) atoms. The summed E-state index contributed by atoms with van der Waals surface area (Å²) in [5, 5.41) is 19.4. The molecule has 0 aliphatic heterocycles. The van der Waals surface area contributed by atoms with Gasteiger partial charge < -0.3 is 11.1 Å². The average molecular weight is 409 g/mol. The molecule has 2 aromatic rings. The molecule has 1 aromatic carbocycles. The second-order valence-corrected chi connectivity index (χ2v) is 8.73. The minimum atomic E-state index is -3.54. The van der Waals surface area contributed by atoms with Crippen molar-refractivity contribution in [2.45, 2.75) is 23.0 Å². The molecule has 0 bridgehead atoms. The van der Waals surface area contributed by atoms with E-state index in [1.165, 1.54) is 42.9 Å². The van der Waals surface area contributed by atoms with E-state index in [9.17, 15) is 13.2 Å². The van der Waals surface area contributed by atoms with Gasteiger partial charge in [-0.15, -0.1) is 10.2 Å². The third-order valence-corrected chi connectivity index (χ3v) is 6.26. The number of carbonyl (C=O) groups excluding carboxylic acids is 1. The van der Waals surface area contributed by atoms with E-state index in [1.54, 1.807) is 6.92 Å². The zero-order valence-electron chi connectivity index (χ0n) is 14.9. The summed E-state index contributed by atoms with van der Waals surface area (Å²) >= 11 is 1.12. The van der Waals surface area contributed by atoms with Crippen molar-refractivity contribution in [3.8, 4) is 6.07 Å². The quantitative estimate of drug-likeness (QED) is 0.642. The Morgan fingerprint density at radius 2 is 2.00 bits per heavy atom. The van der Waals surface area contributed by atoms with Crippen molar-refractivity contribution >= 4 is 39.3 Å². The Kier molecular flexibility index (Phi) is 6.42. The van der Waals surface area contributed by atoms with E-state index in [-0.39, 0.29) is 22.5 Å². The van der Waals surface area contributed by atoms with Crippen molar-refractivity contribution in [2.24, 2.45) is 0 Å². The van der Waals surface area contributed by atoms with Gasteiger partial charge in [-0.3, -0.25) is 9.36 Å². The van der Waals surface area contributed by atoms with E-state index in [2.05, 4.69) is 15.5 Å². The van der Waals surface area contributed by atoms with E-state index >= 15 is 0 Å². The molecule has 0 saturated heterocycles. The van der Waals surface area contributed by atoms with Gasteiger partial charge in [0.2, 0.25) is 21.9 Å². The molecule has 0 aliphatic carbocycles. The number of carbonyl (C=O) groups is 1. The highest BCUT2D eigenvalue weighted by atomic mass is 32.2. The monoisotopic (exact) mass is 409 g/mol. The molecule has 0 aliphatic rings. The molecule has 10 nitrogen and oxygen atoms in total. The Balaban J connectivity index is 2.16. The van der Waals surface area contributed by atoms with E-state index in [0.29, 0.717) is 10.8 Å². The van der Waals surface area contributed by atoms with Gasteiger partial charge in [-0.05, 0) is 31.2 Å². The van der Waals surface area contributed by atoms with Crippen molar-refractivity contribution in [3.05, 3.63) is 24.3 Å². The summed E-state index contributed by atoms with van der Waals surface area (Å²) in [5.74, 6) is -0.178. The van der Waals surface area contributed by atoms with E-state index in [4.69, 9.17) is 11.0 Å². The number of aromatic nitrogens is 3. The Hall–Kier alpha value is -2.62. The van der Waals surface area contributed by atoms with Crippen LogP contribution >= 0.6 is 11.8 Å². The molecule has 1 unspecified atom stereocenters. The molecule has 12 heteroatoms. The molecule has 1 heterocycles. The maximum Gasteiger partial charge on any atom is 0.247 e. The van der Waals surface area contributed by atoms with Crippen LogP contribution in [0.3, 0.4) is 0 Å². The number of nitrogen functional groups attached to an aromatic ring is 1. The van der Waals surface area contributed by atoms with Crippen molar-refractivity contribution in [1.29, 1.82) is 5.26 Å². The Morgan fingerprint density at radius 3 is 2.56 bits per heavy atom. The first-order chi connectivity index (χ1) is 12.7. The first-order valence-electron chi connectivity index (χ1n) is 7.72. The number of nitrogens with two attached hydrogens (primary N) is 1. The molecule has 144 valence electrons. The van der Waals surface area contributed by atoms with Crippen LogP contribution in [0.5, 0.6) is 0 Å². The Bertz CT molecular complexity index is 962. The average Bonchev–Trinajstić information content (AvgIpc) is 3.00. The SMILES string of the molecule is CC(C(=O)Nc1ccc(S(=O)(=O)N(C)C)cc1)n1c(N)nnc1SCC#N. The van der Waals surface area contributed by atoms with Crippen LogP contribution in [0.4, 0.5) is 11.6 Å². The van der Waals surface area contributed by atoms with Gasteiger partial charge in [-0.2, -0.15) is 5.26 Å². The molecule has 0 radical (unpaired) electrons. The number of amides is 1. The molecular weight excluding hydrogens is 390 g/mol. The summed E-state index contributed by atoms with van der Waals surface area (Å²) in [4.78, 5) is 12.7. The number of nitriles is 1. The van der Waals surface area contributed by atoms with Crippen molar-refractivity contribution < 1.29 is 13.2 Å². The van der Waals surface area contributed by atoms with E-state index < -0.39 is 16.1 Å². The highest BCUT2D eigenvalue weighted by Gasteiger charge is 2.23. The molecule has 3 N–H and O–H groups in total. The van der Waals surface area contributed by atoms with Gasteiger partial charge in [0.25, 0.3) is 0 Å². The smallest absolute Gasteiger partial charge is 0.247 e. The van der Waals surface area contributed by atoms with Crippen LogP contribution in [0.2, 0.25) is 0 Å².